The van der Waals surface area contributed by atoms with Crippen molar-refractivity contribution in [3.63, 3.8) is 0 Å². The average molecular weight is 620 g/mol. The van der Waals surface area contributed by atoms with Crippen LogP contribution in [-0.4, -0.2) is 43.7 Å². The molecule has 208 valence electrons. The number of carbonyl (C=O) groups excluding carboxylic acids is 3. The van der Waals surface area contributed by atoms with Crippen molar-refractivity contribution >= 4 is 45.0 Å². The molecule has 7 rings (SSSR count). The van der Waals surface area contributed by atoms with Gasteiger partial charge in [0.05, 0.1) is 20.3 Å². The number of benzene rings is 4. The van der Waals surface area contributed by atoms with Gasteiger partial charge < -0.3 is 14.4 Å². The fourth-order valence-corrected chi connectivity index (χ4v) is 7.53. The number of ketones is 3. The van der Waals surface area contributed by atoms with Gasteiger partial charge in [-0.2, -0.15) is 0 Å². The van der Waals surface area contributed by atoms with Crippen LogP contribution in [0.3, 0.4) is 0 Å². The zero-order valence-electron chi connectivity index (χ0n) is 22.9. The van der Waals surface area contributed by atoms with Crippen molar-refractivity contribution < 1.29 is 23.9 Å². The quantitative estimate of drug-likeness (QED) is 0.181. The predicted octanol–water partition coefficient (Wildman–Crippen LogP) is 6.78. The highest BCUT2D eigenvalue weighted by molar-refractivity contribution is 9.10. The van der Waals surface area contributed by atoms with Gasteiger partial charge in [-0.1, -0.05) is 82.7 Å². The molecule has 0 saturated carbocycles. The van der Waals surface area contributed by atoms with Crippen molar-refractivity contribution in [2.75, 3.05) is 19.1 Å². The molecular formula is C35H26BrNO5. The van der Waals surface area contributed by atoms with Gasteiger partial charge in [0.15, 0.2) is 17.3 Å². The standard InChI is InChI=1S/C35H26BrNO5/c1-41-23-14-16-28(42-2)26(19-23)30-31(32(38)20-8-4-3-5-9-20)37-27-15-13-22(36)18-21(27)12-17-29(37)35(30)33(39)24-10-6-7-11-25(24)34(35)40/h3-19,29-31H,1-2H3. The lowest BCUT2D eigenvalue weighted by Crippen LogP contribution is -2.48. The van der Waals surface area contributed by atoms with Crippen LogP contribution >= 0.6 is 15.9 Å². The monoisotopic (exact) mass is 619 g/mol. The lowest BCUT2D eigenvalue weighted by atomic mass is 9.64. The second kappa shape index (κ2) is 9.81. The van der Waals surface area contributed by atoms with Crippen LogP contribution in [0.25, 0.3) is 6.08 Å². The number of nitrogens with zero attached hydrogens (tertiary/aromatic N) is 1. The van der Waals surface area contributed by atoms with Gasteiger partial charge in [-0.15, -0.1) is 0 Å². The van der Waals surface area contributed by atoms with E-state index < -0.39 is 23.4 Å². The van der Waals surface area contributed by atoms with Gasteiger partial charge >= 0.3 is 0 Å². The summed E-state index contributed by atoms with van der Waals surface area (Å²) in [5.74, 6) is -0.655. The lowest BCUT2D eigenvalue weighted by Gasteiger charge is -2.37. The van der Waals surface area contributed by atoms with Crippen molar-refractivity contribution in [1.82, 2.24) is 0 Å². The number of hydrogen-bond donors (Lipinski definition) is 0. The summed E-state index contributed by atoms with van der Waals surface area (Å²) >= 11 is 3.57. The molecule has 4 aromatic carbocycles. The Morgan fingerprint density at radius 2 is 1.52 bits per heavy atom. The molecule has 42 heavy (non-hydrogen) atoms. The van der Waals surface area contributed by atoms with Gasteiger partial charge in [0.2, 0.25) is 0 Å². The highest BCUT2D eigenvalue weighted by Gasteiger charge is 2.72. The van der Waals surface area contributed by atoms with Crippen molar-refractivity contribution in [3.05, 3.63) is 129 Å². The van der Waals surface area contributed by atoms with E-state index in [1.807, 2.05) is 53.5 Å². The summed E-state index contributed by atoms with van der Waals surface area (Å²) in [5, 5.41) is 0. The molecule has 0 radical (unpaired) electrons. The molecule has 0 bridgehead atoms. The Kier molecular flexibility index (Phi) is 6.17. The number of carbonyl (C=O) groups is 3. The number of halogens is 1. The van der Waals surface area contributed by atoms with Gasteiger partial charge in [0.1, 0.15) is 23.0 Å². The van der Waals surface area contributed by atoms with Gasteiger partial charge in [-0.25, -0.2) is 0 Å². The van der Waals surface area contributed by atoms with Crippen molar-refractivity contribution in [1.29, 1.82) is 0 Å². The molecule has 1 spiro atoms. The normalized spacial score (nSPS) is 21.2. The van der Waals surface area contributed by atoms with Gasteiger partial charge in [-0.3, -0.25) is 14.4 Å². The molecule has 1 saturated heterocycles. The number of hydrogen-bond acceptors (Lipinski definition) is 6. The van der Waals surface area contributed by atoms with Gasteiger partial charge in [-0.05, 0) is 42.0 Å². The van der Waals surface area contributed by atoms with E-state index in [4.69, 9.17) is 9.47 Å². The molecule has 1 aliphatic carbocycles. The maximum absolute atomic E-state index is 14.8. The summed E-state index contributed by atoms with van der Waals surface area (Å²) in [7, 11) is 3.11. The molecule has 0 N–H and O–H groups in total. The second-order valence-corrected chi connectivity index (χ2v) is 11.7. The maximum atomic E-state index is 14.8. The summed E-state index contributed by atoms with van der Waals surface area (Å²) in [6.45, 7) is 0. The first-order chi connectivity index (χ1) is 20.4. The smallest absolute Gasteiger partial charge is 0.185 e. The largest absolute Gasteiger partial charge is 0.497 e. The van der Waals surface area contributed by atoms with Gasteiger partial charge in [0.25, 0.3) is 0 Å². The average Bonchev–Trinajstić information content (AvgIpc) is 3.46. The lowest BCUT2D eigenvalue weighted by molar-refractivity contribution is 0.0664. The van der Waals surface area contributed by atoms with E-state index in [1.165, 1.54) is 0 Å². The number of anilines is 1. The first-order valence-corrected chi connectivity index (χ1v) is 14.5. The number of rotatable bonds is 5. The Morgan fingerprint density at radius 3 is 2.19 bits per heavy atom. The fraction of sp³-hybridized carbons (Fsp3) is 0.171. The molecule has 0 amide bonds. The molecule has 6 nitrogen and oxygen atoms in total. The Balaban J connectivity index is 1.59. The van der Waals surface area contributed by atoms with Crippen molar-refractivity contribution in [3.8, 4) is 11.5 Å². The van der Waals surface area contributed by atoms with E-state index in [-0.39, 0.29) is 17.3 Å². The Morgan fingerprint density at radius 1 is 0.833 bits per heavy atom. The van der Waals surface area contributed by atoms with E-state index in [9.17, 15) is 14.4 Å². The highest BCUT2D eigenvalue weighted by Crippen LogP contribution is 2.62. The minimum Gasteiger partial charge on any atom is -0.497 e. The third kappa shape index (κ3) is 3.53. The van der Waals surface area contributed by atoms with E-state index in [0.29, 0.717) is 33.8 Å². The van der Waals surface area contributed by atoms with Gasteiger partial charge in [0, 0.05) is 38.3 Å². The van der Waals surface area contributed by atoms with Crippen molar-refractivity contribution in [2.45, 2.75) is 18.0 Å². The third-order valence-electron chi connectivity index (χ3n) is 8.86. The molecular weight excluding hydrogens is 594 g/mol. The van der Waals surface area contributed by atoms with Crippen LogP contribution in [0.4, 0.5) is 5.69 Å². The summed E-state index contributed by atoms with van der Waals surface area (Å²) in [6.07, 6.45) is 3.86. The molecule has 3 atom stereocenters. The molecule has 1 fully saturated rings. The number of methoxy groups -OCH3 is 2. The molecule has 3 unspecified atom stereocenters. The highest BCUT2D eigenvalue weighted by atomic mass is 79.9. The molecule has 7 heteroatoms. The van der Waals surface area contributed by atoms with E-state index in [2.05, 4.69) is 15.9 Å². The SMILES string of the molecule is COc1ccc(OC)c(C2C(C(=O)c3ccccc3)N3c4ccc(Br)cc4C=CC3C23C(=O)c2ccccc2C3=O)c1. The second-order valence-electron chi connectivity index (χ2n) is 10.7. The van der Waals surface area contributed by atoms with Crippen LogP contribution in [0.1, 0.15) is 48.1 Å². The Hall–Kier alpha value is -4.49. The molecule has 4 aromatic rings. The predicted molar refractivity (Wildman–Crippen MR) is 164 cm³/mol. The van der Waals surface area contributed by atoms with Crippen LogP contribution < -0.4 is 14.4 Å². The zero-order chi connectivity index (χ0) is 29.2. The fourth-order valence-electron chi connectivity index (χ4n) is 7.15. The summed E-state index contributed by atoms with van der Waals surface area (Å²) in [6, 6.07) is 25.5. The van der Waals surface area contributed by atoms with Crippen LogP contribution in [0.15, 0.2) is 102 Å². The Bertz CT molecular complexity index is 1780. The van der Waals surface area contributed by atoms with Crippen LogP contribution in [0.5, 0.6) is 11.5 Å². The molecule has 2 heterocycles. The minimum atomic E-state index is -1.63. The number of ether oxygens (including phenoxy) is 2. The first kappa shape index (κ1) is 26.4. The first-order valence-electron chi connectivity index (χ1n) is 13.7. The molecule has 3 aliphatic rings. The van der Waals surface area contributed by atoms with Crippen LogP contribution in [0, 0.1) is 5.41 Å². The maximum Gasteiger partial charge on any atom is 0.185 e. The zero-order valence-corrected chi connectivity index (χ0v) is 24.5. The summed E-state index contributed by atoms with van der Waals surface area (Å²) in [4.78, 5) is 46.4. The molecule has 2 aliphatic heterocycles. The third-order valence-corrected chi connectivity index (χ3v) is 9.36. The van der Waals surface area contributed by atoms with Crippen LogP contribution in [-0.2, 0) is 0 Å². The van der Waals surface area contributed by atoms with E-state index in [0.717, 1.165) is 15.7 Å². The van der Waals surface area contributed by atoms with Crippen molar-refractivity contribution in [2.24, 2.45) is 5.41 Å². The van der Waals surface area contributed by atoms with E-state index >= 15 is 0 Å². The number of fused-ring (bicyclic) bond motifs is 5. The van der Waals surface area contributed by atoms with Crippen LogP contribution in [0.2, 0.25) is 0 Å². The topological polar surface area (TPSA) is 72.9 Å². The van der Waals surface area contributed by atoms with E-state index in [1.54, 1.807) is 68.8 Å². The Labute approximate surface area is 251 Å². The number of Topliss-reactive ketones (excluding diaryl/α,β-unsaturated/α-hetero) is 3. The molecule has 0 aromatic heterocycles. The summed E-state index contributed by atoms with van der Waals surface area (Å²) < 4.78 is 12.3. The summed E-state index contributed by atoms with van der Waals surface area (Å²) in [5.41, 5.74) is 1.85. The minimum absolute atomic E-state index is 0.187.